The standard InChI is InChI=1S/C33H32N2O4/c1-21(2)39-32-15-13-24(28-17-23(12-14-31(28)37)22-8-4-3-5-9-22)18-29(32)33(38)35-26(20-36)16-25-19-34-30-11-7-6-10-27(25)30/h3-15,17-19,21,26,34,36-37H,16,20H2,1-2H3,(H,35,38)/t26-/m1/s1. The number of aromatic nitrogens is 1. The molecule has 198 valence electrons. The molecule has 5 rings (SSSR count). The second-order valence-electron chi connectivity index (χ2n) is 9.89. The van der Waals surface area contributed by atoms with Crippen LogP contribution in [0.3, 0.4) is 0 Å². The molecule has 5 aromatic rings. The van der Waals surface area contributed by atoms with Crippen molar-refractivity contribution >= 4 is 16.8 Å². The van der Waals surface area contributed by atoms with Gasteiger partial charge in [-0.3, -0.25) is 4.79 Å². The minimum Gasteiger partial charge on any atom is -0.507 e. The first-order chi connectivity index (χ1) is 18.9. The molecule has 0 fully saturated rings. The molecule has 6 heteroatoms. The Morgan fingerprint density at radius 1 is 0.897 bits per heavy atom. The van der Waals surface area contributed by atoms with Crippen LogP contribution in [0, 0.1) is 0 Å². The molecule has 0 aliphatic carbocycles. The fourth-order valence-electron chi connectivity index (χ4n) is 4.80. The van der Waals surface area contributed by atoms with E-state index in [-0.39, 0.29) is 24.4 Å². The summed E-state index contributed by atoms with van der Waals surface area (Å²) in [6.07, 6.45) is 2.24. The molecule has 0 saturated carbocycles. The highest BCUT2D eigenvalue weighted by atomic mass is 16.5. The predicted molar refractivity (Wildman–Crippen MR) is 155 cm³/mol. The van der Waals surface area contributed by atoms with Gasteiger partial charge in [0.1, 0.15) is 11.5 Å². The van der Waals surface area contributed by atoms with Gasteiger partial charge in [-0.1, -0.05) is 60.7 Å². The van der Waals surface area contributed by atoms with Gasteiger partial charge in [0.25, 0.3) is 5.91 Å². The van der Waals surface area contributed by atoms with Gasteiger partial charge in [-0.25, -0.2) is 0 Å². The Morgan fingerprint density at radius 3 is 2.41 bits per heavy atom. The molecule has 0 aliphatic rings. The number of aromatic hydroxyl groups is 1. The molecule has 0 saturated heterocycles. The molecule has 1 amide bonds. The van der Waals surface area contributed by atoms with E-state index in [0.717, 1.165) is 27.6 Å². The zero-order valence-corrected chi connectivity index (χ0v) is 22.0. The smallest absolute Gasteiger partial charge is 0.255 e. The third-order valence-corrected chi connectivity index (χ3v) is 6.70. The molecule has 4 aromatic carbocycles. The minimum atomic E-state index is -0.498. The van der Waals surface area contributed by atoms with Gasteiger partial charge in [0.05, 0.1) is 24.3 Å². The van der Waals surface area contributed by atoms with E-state index < -0.39 is 6.04 Å². The number of aliphatic hydroxyl groups is 1. The van der Waals surface area contributed by atoms with E-state index >= 15 is 0 Å². The van der Waals surface area contributed by atoms with Crippen molar-refractivity contribution in [2.75, 3.05) is 6.61 Å². The summed E-state index contributed by atoms with van der Waals surface area (Å²) in [4.78, 5) is 16.8. The second-order valence-corrected chi connectivity index (χ2v) is 9.89. The summed E-state index contributed by atoms with van der Waals surface area (Å²) >= 11 is 0. The number of fused-ring (bicyclic) bond motifs is 1. The van der Waals surface area contributed by atoms with Crippen LogP contribution in [0.1, 0.15) is 29.8 Å². The van der Waals surface area contributed by atoms with Crippen molar-refractivity contribution in [2.24, 2.45) is 0 Å². The van der Waals surface area contributed by atoms with Gasteiger partial charge in [0.2, 0.25) is 0 Å². The van der Waals surface area contributed by atoms with E-state index in [4.69, 9.17) is 4.74 Å². The fraction of sp³-hybridized carbons (Fsp3) is 0.182. The second kappa shape index (κ2) is 11.5. The number of hydrogen-bond donors (Lipinski definition) is 4. The van der Waals surface area contributed by atoms with Crippen molar-refractivity contribution in [2.45, 2.75) is 32.4 Å². The van der Waals surface area contributed by atoms with E-state index in [9.17, 15) is 15.0 Å². The maximum atomic E-state index is 13.6. The van der Waals surface area contributed by atoms with Gasteiger partial charge < -0.3 is 25.3 Å². The average molecular weight is 521 g/mol. The minimum absolute atomic E-state index is 0.117. The Morgan fingerprint density at radius 2 is 1.64 bits per heavy atom. The number of ether oxygens (including phenoxy) is 1. The first-order valence-electron chi connectivity index (χ1n) is 13.1. The summed E-state index contributed by atoms with van der Waals surface area (Å²) in [6.45, 7) is 3.59. The molecule has 1 heterocycles. The summed E-state index contributed by atoms with van der Waals surface area (Å²) in [7, 11) is 0. The third kappa shape index (κ3) is 5.81. The van der Waals surface area contributed by atoms with Crippen molar-refractivity contribution < 1.29 is 19.7 Å². The molecule has 1 aromatic heterocycles. The van der Waals surface area contributed by atoms with Crippen molar-refractivity contribution in [3.8, 4) is 33.8 Å². The predicted octanol–water partition coefficient (Wildman–Crippen LogP) is 6.33. The zero-order valence-electron chi connectivity index (χ0n) is 22.0. The van der Waals surface area contributed by atoms with Crippen LogP contribution in [0.25, 0.3) is 33.2 Å². The van der Waals surface area contributed by atoms with Crippen LogP contribution < -0.4 is 10.1 Å². The lowest BCUT2D eigenvalue weighted by Crippen LogP contribution is -2.39. The Bertz CT molecular complexity index is 1590. The first-order valence-corrected chi connectivity index (χ1v) is 13.1. The Balaban J connectivity index is 1.46. The summed E-state index contributed by atoms with van der Waals surface area (Å²) in [5.41, 5.74) is 5.63. The van der Waals surface area contributed by atoms with Crippen LogP contribution in [-0.2, 0) is 6.42 Å². The number of para-hydroxylation sites is 1. The van der Waals surface area contributed by atoms with Crippen LogP contribution in [-0.4, -0.2) is 39.9 Å². The number of hydrogen-bond acceptors (Lipinski definition) is 4. The number of aromatic amines is 1. The molecule has 1 atom stereocenters. The van der Waals surface area contributed by atoms with Crippen LogP contribution in [0.5, 0.6) is 11.5 Å². The molecular weight excluding hydrogens is 488 g/mol. The molecule has 39 heavy (non-hydrogen) atoms. The average Bonchev–Trinajstić information content (AvgIpc) is 3.36. The number of phenolic OH excluding ortho intramolecular Hbond substituents is 1. The van der Waals surface area contributed by atoms with E-state index in [1.54, 1.807) is 18.2 Å². The number of rotatable bonds is 9. The van der Waals surface area contributed by atoms with Gasteiger partial charge in [0, 0.05) is 22.7 Å². The number of carbonyl (C=O) groups excluding carboxylic acids is 1. The molecule has 4 N–H and O–H groups in total. The Kier molecular flexibility index (Phi) is 7.66. The van der Waals surface area contributed by atoms with Gasteiger partial charge in [-0.15, -0.1) is 0 Å². The normalized spacial score (nSPS) is 12.0. The number of aliphatic hydroxyl groups excluding tert-OH is 1. The summed E-state index contributed by atoms with van der Waals surface area (Å²) in [6, 6.07) is 28.1. The molecule has 0 spiro atoms. The number of carbonyl (C=O) groups is 1. The largest absolute Gasteiger partial charge is 0.507 e. The van der Waals surface area contributed by atoms with Crippen molar-refractivity contribution in [3.63, 3.8) is 0 Å². The Labute approximate surface area is 227 Å². The molecule has 0 aliphatic heterocycles. The number of amides is 1. The van der Waals surface area contributed by atoms with Crippen molar-refractivity contribution in [1.82, 2.24) is 10.3 Å². The van der Waals surface area contributed by atoms with Crippen molar-refractivity contribution in [3.05, 3.63) is 108 Å². The number of phenols is 1. The Hall–Kier alpha value is -4.55. The lowest BCUT2D eigenvalue weighted by Gasteiger charge is -2.20. The van der Waals surface area contributed by atoms with Gasteiger partial charge in [0.15, 0.2) is 0 Å². The number of benzene rings is 4. The summed E-state index contributed by atoms with van der Waals surface area (Å²) in [5, 5.41) is 24.9. The molecule has 6 nitrogen and oxygen atoms in total. The third-order valence-electron chi connectivity index (χ3n) is 6.70. The van der Waals surface area contributed by atoms with Crippen molar-refractivity contribution in [1.29, 1.82) is 0 Å². The maximum absolute atomic E-state index is 13.6. The van der Waals surface area contributed by atoms with Gasteiger partial charge in [-0.2, -0.15) is 0 Å². The summed E-state index contributed by atoms with van der Waals surface area (Å²) in [5.74, 6) is 0.199. The van der Waals surface area contributed by atoms with Crippen LogP contribution in [0.15, 0.2) is 97.2 Å². The maximum Gasteiger partial charge on any atom is 0.255 e. The molecular formula is C33H32N2O4. The van der Waals surface area contributed by atoms with E-state index in [2.05, 4.69) is 10.3 Å². The molecule has 0 radical (unpaired) electrons. The number of H-pyrrole nitrogens is 1. The topological polar surface area (TPSA) is 94.6 Å². The van der Waals surface area contributed by atoms with E-state index in [0.29, 0.717) is 28.9 Å². The lowest BCUT2D eigenvalue weighted by atomic mass is 9.96. The van der Waals surface area contributed by atoms with Crippen LogP contribution in [0.4, 0.5) is 0 Å². The zero-order chi connectivity index (χ0) is 27.4. The van der Waals surface area contributed by atoms with Crippen LogP contribution >= 0.6 is 0 Å². The highest BCUT2D eigenvalue weighted by Gasteiger charge is 2.21. The van der Waals surface area contributed by atoms with E-state index in [1.807, 2.05) is 92.8 Å². The van der Waals surface area contributed by atoms with Gasteiger partial charge >= 0.3 is 0 Å². The SMILES string of the molecule is CC(C)Oc1ccc(-c2cc(-c3ccccc3)ccc2O)cc1C(=O)N[C@@H](CO)Cc1c[nH]c2ccccc12. The fourth-order valence-corrected chi connectivity index (χ4v) is 4.80. The monoisotopic (exact) mass is 520 g/mol. The van der Waals surface area contributed by atoms with Crippen LogP contribution in [0.2, 0.25) is 0 Å². The number of nitrogens with one attached hydrogen (secondary N) is 2. The molecule has 0 unspecified atom stereocenters. The van der Waals surface area contributed by atoms with Gasteiger partial charge in [-0.05, 0) is 72.9 Å². The molecule has 0 bridgehead atoms. The quantitative estimate of drug-likeness (QED) is 0.183. The first kappa shape index (κ1) is 26.1. The van der Waals surface area contributed by atoms with E-state index in [1.165, 1.54) is 0 Å². The highest BCUT2D eigenvalue weighted by Crippen LogP contribution is 2.36. The summed E-state index contributed by atoms with van der Waals surface area (Å²) < 4.78 is 5.97. The lowest BCUT2D eigenvalue weighted by molar-refractivity contribution is 0.0910. The highest BCUT2D eigenvalue weighted by molar-refractivity contribution is 5.99.